The molecule has 1 unspecified atom stereocenters. The van der Waals surface area contributed by atoms with Gasteiger partial charge < -0.3 is 23.9 Å². The first kappa shape index (κ1) is 27.8. The molecule has 0 N–H and O–H groups in total. The number of aromatic nitrogens is 3. The van der Waals surface area contributed by atoms with Crippen LogP contribution in [-0.2, 0) is 19.4 Å². The molecule has 2 aromatic heterocycles. The minimum absolute atomic E-state index is 0.101. The van der Waals surface area contributed by atoms with Gasteiger partial charge in [-0.05, 0) is 46.2 Å². The Morgan fingerprint density at radius 3 is 2.39 bits per heavy atom. The number of rotatable bonds is 8. The van der Waals surface area contributed by atoms with Crippen LogP contribution in [0.4, 0.5) is 10.6 Å². The van der Waals surface area contributed by atoms with Crippen molar-refractivity contribution in [2.75, 3.05) is 37.3 Å². The zero-order chi connectivity index (χ0) is 27.4. The normalized spacial score (nSPS) is 19.0. The van der Waals surface area contributed by atoms with Gasteiger partial charge in [0.25, 0.3) is 0 Å². The van der Waals surface area contributed by atoms with E-state index in [0.717, 1.165) is 5.82 Å². The summed E-state index contributed by atoms with van der Waals surface area (Å²) in [5.74, 6) is 2.05. The largest absolute Gasteiger partial charge is 0.528 e. The molecular weight excluding hydrogens is 514 g/mol. The van der Waals surface area contributed by atoms with Crippen molar-refractivity contribution >= 4 is 21.8 Å². The fourth-order valence-electron chi connectivity index (χ4n) is 4.37. The van der Waals surface area contributed by atoms with E-state index in [-0.39, 0.29) is 17.5 Å². The molecule has 0 spiro atoms. The van der Waals surface area contributed by atoms with Gasteiger partial charge in [0.1, 0.15) is 18.2 Å². The fourth-order valence-corrected chi connectivity index (χ4v) is 5.35. The van der Waals surface area contributed by atoms with Gasteiger partial charge in [0.15, 0.2) is 15.6 Å². The molecule has 2 fully saturated rings. The van der Waals surface area contributed by atoms with Crippen LogP contribution in [0.5, 0.6) is 17.5 Å². The summed E-state index contributed by atoms with van der Waals surface area (Å²) < 4.78 is 41.0. The number of hydroxylamine groups is 2. The van der Waals surface area contributed by atoms with E-state index in [0.29, 0.717) is 74.2 Å². The quantitative estimate of drug-likeness (QED) is 0.448. The Morgan fingerprint density at radius 1 is 1.05 bits per heavy atom. The van der Waals surface area contributed by atoms with E-state index in [4.69, 9.17) is 19.0 Å². The number of carbonyl (C=O) groups is 1. The van der Waals surface area contributed by atoms with Crippen LogP contribution in [0.25, 0.3) is 0 Å². The van der Waals surface area contributed by atoms with Gasteiger partial charge in [-0.1, -0.05) is 0 Å². The molecule has 12 nitrogen and oxygen atoms in total. The maximum absolute atomic E-state index is 11.9. The summed E-state index contributed by atoms with van der Waals surface area (Å²) in [7, 11) is -3.08. The molecular formula is C25H35N5O7S. The lowest BCUT2D eigenvalue weighted by Gasteiger charge is -2.30. The van der Waals surface area contributed by atoms with E-state index in [1.165, 1.54) is 12.6 Å². The molecule has 2 aromatic rings. The summed E-state index contributed by atoms with van der Waals surface area (Å²) in [4.78, 5) is 32.1. The highest BCUT2D eigenvalue weighted by Gasteiger charge is 2.31. The van der Waals surface area contributed by atoms with E-state index >= 15 is 0 Å². The molecule has 1 atom stereocenters. The lowest BCUT2D eigenvalue weighted by atomic mass is 10.1. The third-order valence-electron chi connectivity index (χ3n) is 6.51. The topological polar surface area (TPSA) is 133 Å². The minimum Gasteiger partial charge on any atom is -0.474 e. The molecule has 2 saturated heterocycles. The Labute approximate surface area is 223 Å². The molecule has 2 aliphatic heterocycles. The summed E-state index contributed by atoms with van der Waals surface area (Å²) >= 11 is 0. The van der Waals surface area contributed by atoms with Gasteiger partial charge in [0.2, 0.25) is 11.8 Å². The summed E-state index contributed by atoms with van der Waals surface area (Å²) in [6.07, 6.45) is 3.52. The van der Waals surface area contributed by atoms with E-state index < -0.39 is 16.0 Å². The molecule has 4 heterocycles. The number of hydrogen-bond donors (Lipinski definition) is 0. The maximum atomic E-state index is 11.9. The molecule has 0 aromatic carbocycles. The van der Waals surface area contributed by atoms with Crippen molar-refractivity contribution in [1.29, 1.82) is 0 Å². The Hall–Kier alpha value is -3.19. The van der Waals surface area contributed by atoms with Gasteiger partial charge in [-0.25, -0.2) is 28.2 Å². The molecule has 13 heteroatoms. The summed E-state index contributed by atoms with van der Waals surface area (Å²) in [6.45, 7) is 9.31. The first-order valence-corrected chi connectivity index (χ1v) is 14.7. The second-order valence-corrected chi connectivity index (χ2v) is 12.2. The van der Waals surface area contributed by atoms with Crippen LogP contribution in [0.2, 0.25) is 0 Å². The fraction of sp³-hybridized carbons (Fsp3) is 0.600. The predicted molar refractivity (Wildman–Crippen MR) is 139 cm³/mol. The average molecular weight is 550 g/mol. The van der Waals surface area contributed by atoms with Gasteiger partial charge in [0.05, 0.1) is 22.6 Å². The molecule has 0 aliphatic carbocycles. The Bertz CT molecular complexity index is 1250. The van der Waals surface area contributed by atoms with Crippen molar-refractivity contribution in [2.45, 2.75) is 64.4 Å². The Morgan fingerprint density at radius 2 is 1.76 bits per heavy atom. The van der Waals surface area contributed by atoms with Gasteiger partial charge in [-0.3, -0.25) is 0 Å². The number of ether oxygens (including phenoxy) is 3. The van der Waals surface area contributed by atoms with Crippen LogP contribution in [0.15, 0.2) is 18.5 Å². The van der Waals surface area contributed by atoms with Crippen molar-refractivity contribution < 1.29 is 32.3 Å². The van der Waals surface area contributed by atoms with Gasteiger partial charge in [0, 0.05) is 45.3 Å². The van der Waals surface area contributed by atoms with Gasteiger partial charge >= 0.3 is 6.16 Å². The molecule has 4 rings (SSSR count). The first-order valence-electron chi connectivity index (χ1n) is 12.7. The smallest absolute Gasteiger partial charge is 0.474 e. The molecule has 2 aliphatic rings. The third kappa shape index (κ3) is 7.01. The van der Waals surface area contributed by atoms with Crippen molar-refractivity contribution in [3.05, 3.63) is 29.7 Å². The molecule has 0 amide bonds. The van der Waals surface area contributed by atoms with E-state index in [9.17, 15) is 13.2 Å². The number of hydrogen-bond acceptors (Lipinski definition) is 12. The maximum Gasteiger partial charge on any atom is 0.528 e. The molecule has 0 radical (unpaired) electrons. The average Bonchev–Trinajstić information content (AvgIpc) is 3.35. The number of piperidine rings is 1. The monoisotopic (exact) mass is 549 g/mol. The summed E-state index contributed by atoms with van der Waals surface area (Å²) in [5.41, 5.74) is 1.32. The second kappa shape index (κ2) is 11.7. The van der Waals surface area contributed by atoms with Crippen LogP contribution in [0.1, 0.15) is 44.4 Å². The van der Waals surface area contributed by atoms with Crippen LogP contribution in [0.3, 0.4) is 0 Å². The third-order valence-corrected chi connectivity index (χ3v) is 8.11. The Kier molecular flexibility index (Phi) is 8.56. The molecule has 0 saturated carbocycles. The van der Waals surface area contributed by atoms with Crippen LogP contribution in [0, 0.1) is 13.8 Å². The standard InChI is InChI=1S/C25H35N5O7S/c1-16(2)34-25(31)37-30-12-8-19(9-13-30)35-23-17(3)24(27-15-26-23)36-21-6-7-22(28-18(21)4)29-11-10-20(14-29)38(5,32)33/h6-7,15-16,19-20H,8-14H2,1-5H3. The zero-order valence-electron chi connectivity index (χ0n) is 22.4. The molecule has 208 valence electrons. The number of pyridine rings is 1. The SMILES string of the molecule is Cc1nc(N2CCC(S(C)(=O)=O)C2)ccc1Oc1ncnc(OC2CCN(OC(=O)OC(C)C)CC2)c1C. The minimum atomic E-state index is -3.08. The number of nitrogens with zero attached hydrogens (tertiary/aromatic N) is 5. The van der Waals surface area contributed by atoms with Crippen LogP contribution < -0.4 is 14.4 Å². The highest BCUT2D eigenvalue weighted by Crippen LogP contribution is 2.32. The van der Waals surface area contributed by atoms with E-state index in [1.807, 2.05) is 30.9 Å². The number of sulfone groups is 1. The van der Waals surface area contributed by atoms with Gasteiger partial charge in [-0.2, -0.15) is 0 Å². The number of anilines is 1. The van der Waals surface area contributed by atoms with Crippen molar-refractivity contribution in [3.63, 3.8) is 0 Å². The lowest BCUT2D eigenvalue weighted by Crippen LogP contribution is -2.40. The van der Waals surface area contributed by atoms with Crippen LogP contribution in [-0.4, -0.2) is 84.5 Å². The van der Waals surface area contributed by atoms with Crippen LogP contribution >= 0.6 is 0 Å². The van der Waals surface area contributed by atoms with Crippen molar-refractivity contribution in [1.82, 2.24) is 20.0 Å². The first-order chi connectivity index (χ1) is 18.0. The van der Waals surface area contributed by atoms with Gasteiger partial charge in [-0.15, -0.1) is 5.06 Å². The molecule has 0 bridgehead atoms. The van der Waals surface area contributed by atoms with Crippen molar-refractivity contribution in [2.24, 2.45) is 0 Å². The molecule has 38 heavy (non-hydrogen) atoms. The van der Waals surface area contributed by atoms with E-state index in [1.54, 1.807) is 18.9 Å². The second-order valence-electron chi connectivity index (χ2n) is 9.90. The Balaban J connectivity index is 1.35. The number of aryl methyl sites for hydroxylation is 1. The highest BCUT2D eigenvalue weighted by atomic mass is 32.2. The predicted octanol–water partition coefficient (Wildman–Crippen LogP) is 3.22. The highest BCUT2D eigenvalue weighted by molar-refractivity contribution is 7.91. The summed E-state index contributed by atoms with van der Waals surface area (Å²) in [6, 6.07) is 3.64. The summed E-state index contributed by atoms with van der Waals surface area (Å²) in [5, 5.41) is 1.21. The zero-order valence-corrected chi connectivity index (χ0v) is 23.2. The van der Waals surface area contributed by atoms with E-state index in [2.05, 4.69) is 15.0 Å². The lowest BCUT2D eigenvalue weighted by molar-refractivity contribution is -0.151. The van der Waals surface area contributed by atoms with Crippen molar-refractivity contribution in [3.8, 4) is 17.5 Å². The number of carbonyl (C=O) groups excluding carboxylic acids is 1.